The number of anilines is 1. The van der Waals surface area contributed by atoms with Crippen LogP contribution in [0, 0.1) is 0 Å². The lowest BCUT2D eigenvalue weighted by Gasteiger charge is -2.09. The first-order chi connectivity index (χ1) is 15.6. The van der Waals surface area contributed by atoms with Crippen molar-refractivity contribution < 1.29 is 14.4 Å². The van der Waals surface area contributed by atoms with Gasteiger partial charge in [-0.2, -0.15) is 5.10 Å². The van der Waals surface area contributed by atoms with Crippen molar-refractivity contribution in [2.45, 2.75) is 35.9 Å². The third kappa shape index (κ3) is 3.97. The van der Waals surface area contributed by atoms with Crippen LogP contribution in [0.1, 0.15) is 30.7 Å². The van der Waals surface area contributed by atoms with Gasteiger partial charge < -0.3 is 20.1 Å². The second-order valence-corrected chi connectivity index (χ2v) is 10.7. The van der Waals surface area contributed by atoms with Gasteiger partial charge in [0.1, 0.15) is 16.3 Å². The number of methoxy groups -OCH3 is 1. The van der Waals surface area contributed by atoms with Crippen LogP contribution in [0.3, 0.4) is 0 Å². The minimum absolute atomic E-state index is 0.0121. The fourth-order valence-electron chi connectivity index (χ4n) is 3.96. The normalized spacial score (nSPS) is 15.1. The highest BCUT2D eigenvalue weighted by Gasteiger charge is 2.31. The predicted octanol–water partition coefficient (Wildman–Crippen LogP) is 3.30. The Hall–Kier alpha value is -2.24. The van der Waals surface area contributed by atoms with E-state index in [1.54, 1.807) is 24.2 Å². The topological polar surface area (TPSA) is 122 Å². The van der Waals surface area contributed by atoms with E-state index in [-0.39, 0.29) is 6.61 Å². The molecule has 8 nitrogen and oxygen atoms in total. The predicted molar refractivity (Wildman–Crippen MR) is 127 cm³/mol. The number of nitrogens with two attached hydrogens (primary N) is 1. The van der Waals surface area contributed by atoms with Crippen LogP contribution in [0.4, 0.5) is 5.69 Å². The van der Waals surface area contributed by atoms with Crippen LogP contribution in [-0.4, -0.2) is 55.5 Å². The summed E-state index contributed by atoms with van der Waals surface area (Å²) in [5.41, 5.74) is 10.8. The van der Waals surface area contributed by atoms with Gasteiger partial charge in [0, 0.05) is 36.1 Å². The Morgan fingerprint density at radius 2 is 2.19 bits per heavy atom. The van der Waals surface area contributed by atoms with Crippen molar-refractivity contribution >= 4 is 49.5 Å². The summed E-state index contributed by atoms with van der Waals surface area (Å²) in [5, 5.41) is 15.4. The minimum Gasteiger partial charge on any atom is -0.611 e. The second-order valence-electron chi connectivity index (χ2n) is 7.98. The number of pyridine rings is 2. The smallest absolute Gasteiger partial charge is 0.232 e. The van der Waals surface area contributed by atoms with Crippen LogP contribution in [0.15, 0.2) is 28.7 Å². The molecule has 0 radical (unpaired) electrons. The molecule has 1 aliphatic rings. The van der Waals surface area contributed by atoms with E-state index in [0.29, 0.717) is 34.7 Å². The zero-order valence-corrected chi connectivity index (χ0v) is 19.4. The van der Waals surface area contributed by atoms with E-state index in [4.69, 9.17) is 15.5 Å². The third-order valence-corrected chi connectivity index (χ3v) is 8.68. The SMILES string of the molecule is COCCC[S+]([O-])c1sc2nc(-c3cnc4c(cnn4CCO)c3)cc(C3CC3)c2c1N. The molecule has 32 heavy (non-hydrogen) atoms. The van der Waals surface area contributed by atoms with Crippen molar-refractivity contribution in [2.75, 3.05) is 31.8 Å². The first kappa shape index (κ1) is 21.6. The summed E-state index contributed by atoms with van der Waals surface area (Å²) in [6.07, 6.45) is 6.53. The number of rotatable bonds is 9. The fourth-order valence-corrected chi connectivity index (χ4v) is 6.59. The molecule has 0 aromatic carbocycles. The second kappa shape index (κ2) is 8.95. The van der Waals surface area contributed by atoms with E-state index in [1.807, 2.05) is 6.07 Å². The van der Waals surface area contributed by atoms with Crippen LogP contribution in [0.25, 0.3) is 32.5 Å². The molecule has 4 aromatic heterocycles. The molecule has 168 valence electrons. The van der Waals surface area contributed by atoms with Gasteiger partial charge in [-0.3, -0.25) is 0 Å². The molecular weight excluding hydrogens is 446 g/mol. The van der Waals surface area contributed by atoms with E-state index >= 15 is 0 Å². The van der Waals surface area contributed by atoms with Crippen LogP contribution < -0.4 is 5.73 Å². The summed E-state index contributed by atoms with van der Waals surface area (Å²) < 4.78 is 20.4. The lowest BCUT2D eigenvalue weighted by molar-refractivity contribution is 0.199. The standard InChI is InChI=1S/C22H25N5O3S2/c1-30-7-2-8-32(29)22-19(23)18-16(13-3-4-13)10-17(26-21(18)31-22)14-9-15-12-25-27(5-6-28)20(15)24-11-14/h9-13,28H,2-8,23H2,1H3. The molecule has 0 saturated heterocycles. The first-order valence-corrected chi connectivity index (χ1v) is 12.8. The van der Waals surface area contributed by atoms with E-state index in [0.717, 1.165) is 51.8 Å². The summed E-state index contributed by atoms with van der Waals surface area (Å²) >= 11 is 0.261. The Morgan fingerprint density at radius 1 is 1.34 bits per heavy atom. The Bertz CT molecular complexity index is 1270. The zero-order chi connectivity index (χ0) is 22.2. The van der Waals surface area contributed by atoms with Gasteiger partial charge in [-0.05, 0) is 47.6 Å². The van der Waals surface area contributed by atoms with Crippen molar-refractivity contribution in [3.63, 3.8) is 0 Å². The largest absolute Gasteiger partial charge is 0.611 e. The van der Waals surface area contributed by atoms with Crippen LogP contribution in [-0.2, 0) is 22.5 Å². The molecule has 5 rings (SSSR count). The maximum absolute atomic E-state index is 12.9. The average Bonchev–Trinajstić information content (AvgIpc) is 3.49. The molecule has 4 heterocycles. The Morgan fingerprint density at radius 3 is 2.94 bits per heavy atom. The fraction of sp³-hybridized carbons (Fsp3) is 0.409. The van der Waals surface area contributed by atoms with Crippen LogP contribution in [0.2, 0.25) is 0 Å². The number of nitrogens with zero attached hydrogens (tertiary/aromatic N) is 4. The number of thiophene rings is 1. The molecule has 1 fully saturated rings. The summed E-state index contributed by atoms with van der Waals surface area (Å²) in [4.78, 5) is 10.3. The molecule has 1 atom stereocenters. The van der Waals surface area contributed by atoms with Crippen molar-refractivity contribution in [1.29, 1.82) is 0 Å². The zero-order valence-electron chi connectivity index (χ0n) is 17.8. The molecule has 1 unspecified atom stereocenters. The highest BCUT2D eigenvalue weighted by atomic mass is 32.2. The number of fused-ring (bicyclic) bond motifs is 2. The van der Waals surface area contributed by atoms with Gasteiger partial charge in [0.25, 0.3) is 0 Å². The molecular formula is C22H25N5O3S2. The maximum Gasteiger partial charge on any atom is 0.232 e. The lowest BCUT2D eigenvalue weighted by atomic mass is 10.0. The van der Waals surface area contributed by atoms with E-state index < -0.39 is 11.2 Å². The Balaban J connectivity index is 1.56. The van der Waals surface area contributed by atoms with Crippen LogP contribution in [0.5, 0.6) is 0 Å². The molecule has 10 heteroatoms. The number of aliphatic hydroxyl groups is 1. The third-order valence-electron chi connectivity index (χ3n) is 5.68. The molecule has 0 amide bonds. The average molecular weight is 472 g/mol. The number of aliphatic hydroxyl groups excluding tert-OH is 1. The Labute approximate surface area is 192 Å². The first-order valence-electron chi connectivity index (χ1n) is 10.6. The number of ether oxygens (including phenoxy) is 1. The molecule has 0 aliphatic heterocycles. The highest BCUT2D eigenvalue weighted by Crippen LogP contribution is 2.49. The van der Waals surface area contributed by atoms with Crippen molar-refractivity contribution in [1.82, 2.24) is 19.7 Å². The number of aromatic nitrogens is 4. The molecule has 0 bridgehead atoms. The van der Waals surface area contributed by atoms with E-state index in [9.17, 15) is 9.66 Å². The van der Waals surface area contributed by atoms with E-state index in [2.05, 4.69) is 16.1 Å². The summed E-state index contributed by atoms with van der Waals surface area (Å²) in [6.45, 7) is 0.999. The van der Waals surface area contributed by atoms with Gasteiger partial charge in [-0.15, -0.1) is 0 Å². The number of hydrogen-bond donors (Lipinski definition) is 2. The quantitative estimate of drug-likeness (QED) is 0.284. The minimum atomic E-state index is -1.17. The maximum atomic E-state index is 12.9. The summed E-state index contributed by atoms with van der Waals surface area (Å²) in [7, 11) is 1.65. The van der Waals surface area contributed by atoms with Crippen molar-refractivity contribution in [2.24, 2.45) is 0 Å². The molecule has 0 spiro atoms. The molecule has 1 aliphatic carbocycles. The number of hydrogen-bond acceptors (Lipinski definition) is 8. The van der Waals surface area contributed by atoms with Gasteiger partial charge in [0.2, 0.25) is 4.21 Å². The van der Waals surface area contributed by atoms with E-state index in [1.165, 1.54) is 16.9 Å². The van der Waals surface area contributed by atoms with Crippen LogP contribution >= 0.6 is 11.3 Å². The monoisotopic (exact) mass is 471 g/mol. The van der Waals surface area contributed by atoms with Crippen molar-refractivity contribution in [3.8, 4) is 11.3 Å². The van der Waals surface area contributed by atoms with Gasteiger partial charge in [0.05, 0.1) is 31.6 Å². The summed E-state index contributed by atoms with van der Waals surface area (Å²) in [6, 6.07) is 4.14. The summed E-state index contributed by atoms with van der Waals surface area (Å²) in [5.74, 6) is 0.990. The van der Waals surface area contributed by atoms with Gasteiger partial charge in [-0.1, -0.05) is 11.3 Å². The van der Waals surface area contributed by atoms with Gasteiger partial charge in [0.15, 0.2) is 5.65 Å². The van der Waals surface area contributed by atoms with Crippen molar-refractivity contribution in [3.05, 3.63) is 30.1 Å². The Kier molecular flexibility index (Phi) is 6.04. The van der Waals surface area contributed by atoms with Gasteiger partial charge >= 0.3 is 0 Å². The van der Waals surface area contributed by atoms with Gasteiger partial charge in [-0.25, -0.2) is 14.6 Å². The molecule has 4 aromatic rings. The molecule has 3 N–H and O–H groups in total. The molecule has 1 saturated carbocycles. The highest BCUT2D eigenvalue weighted by molar-refractivity contribution is 7.93. The lowest BCUT2D eigenvalue weighted by Crippen LogP contribution is -2.09. The number of nitrogen functional groups attached to an aromatic ring is 1.